The number of aromatic nitrogens is 5. The highest BCUT2D eigenvalue weighted by Gasteiger charge is 2.35. The SMILES string of the molecule is CC#CCN1C[C@@H](NC(=O)CCn2cccn2)[C@@H](n2ccnn2)C1. The molecule has 0 unspecified atom stereocenters. The molecule has 1 fully saturated rings. The van der Waals surface area contributed by atoms with Crippen molar-refractivity contribution in [2.45, 2.75) is 32.0 Å². The summed E-state index contributed by atoms with van der Waals surface area (Å²) in [6, 6.07) is 1.91. The van der Waals surface area contributed by atoms with E-state index >= 15 is 0 Å². The van der Waals surface area contributed by atoms with Crippen molar-refractivity contribution in [3.05, 3.63) is 30.9 Å². The molecule has 2 aromatic rings. The van der Waals surface area contributed by atoms with Crippen LogP contribution in [0.15, 0.2) is 30.9 Å². The van der Waals surface area contributed by atoms with E-state index in [9.17, 15) is 4.79 Å². The summed E-state index contributed by atoms with van der Waals surface area (Å²) in [7, 11) is 0. The average Bonchev–Trinajstić information content (AvgIpc) is 3.32. The number of nitrogens with one attached hydrogen (secondary N) is 1. The molecule has 24 heavy (non-hydrogen) atoms. The molecule has 2 atom stereocenters. The lowest BCUT2D eigenvalue weighted by molar-refractivity contribution is -0.122. The molecule has 0 radical (unpaired) electrons. The van der Waals surface area contributed by atoms with E-state index in [1.807, 2.05) is 30.1 Å². The van der Waals surface area contributed by atoms with Crippen molar-refractivity contribution in [2.75, 3.05) is 19.6 Å². The van der Waals surface area contributed by atoms with Gasteiger partial charge in [0.05, 0.1) is 24.8 Å². The second kappa shape index (κ2) is 7.75. The lowest BCUT2D eigenvalue weighted by Gasteiger charge is -2.19. The minimum absolute atomic E-state index is 0.00419. The van der Waals surface area contributed by atoms with Gasteiger partial charge >= 0.3 is 0 Å². The number of hydrogen-bond acceptors (Lipinski definition) is 5. The average molecular weight is 327 g/mol. The zero-order chi connectivity index (χ0) is 16.8. The third-order valence-electron chi connectivity index (χ3n) is 4.10. The molecule has 0 aromatic carbocycles. The first-order valence-corrected chi connectivity index (χ1v) is 8.01. The van der Waals surface area contributed by atoms with Crippen LogP contribution in [-0.4, -0.2) is 61.3 Å². The Balaban J connectivity index is 1.59. The van der Waals surface area contributed by atoms with E-state index in [1.54, 1.807) is 17.1 Å². The highest BCUT2D eigenvalue weighted by molar-refractivity contribution is 5.76. The van der Waals surface area contributed by atoms with Crippen LogP contribution >= 0.6 is 0 Å². The summed E-state index contributed by atoms with van der Waals surface area (Å²) in [6.07, 6.45) is 7.46. The summed E-state index contributed by atoms with van der Waals surface area (Å²) in [5.41, 5.74) is 0. The quantitative estimate of drug-likeness (QED) is 0.751. The number of carbonyl (C=O) groups excluding carboxylic acids is 1. The van der Waals surface area contributed by atoms with Crippen molar-refractivity contribution in [1.29, 1.82) is 0 Å². The normalized spacial score (nSPS) is 20.5. The van der Waals surface area contributed by atoms with Crippen LogP contribution in [0.3, 0.4) is 0 Å². The topological polar surface area (TPSA) is 80.9 Å². The summed E-state index contributed by atoms with van der Waals surface area (Å²) < 4.78 is 3.57. The van der Waals surface area contributed by atoms with Gasteiger partial charge in [0.1, 0.15) is 0 Å². The van der Waals surface area contributed by atoms with Crippen molar-refractivity contribution >= 4 is 5.91 Å². The van der Waals surface area contributed by atoms with Crippen LogP contribution in [0.25, 0.3) is 0 Å². The number of rotatable bonds is 6. The Kier molecular flexibility index (Phi) is 5.23. The summed E-state index contributed by atoms with van der Waals surface area (Å²) in [5, 5.41) is 15.2. The fraction of sp³-hybridized carbons (Fsp3) is 0.500. The van der Waals surface area contributed by atoms with Gasteiger partial charge in [-0.2, -0.15) is 5.10 Å². The molecule has 0 spiro atoms. The van der Waals surface area contributed by atoms with E-state index in [0.29, 0.717) is 19.5 Å². The van der Waals surface area contributed by atoms with Gasteiger partial charge in [-0.25, -0.2) is 4.68 Å². The van der Waals surface area contributed by atoms with Gasteiger partial charge in [0.2, 0.25) is 5.91 Å². The molecule has 1 N–H and O–H groups in total. The molecule has 2 aromatic heterocycles. The Bertz CT molecular complexity index is 699. The van der Waals surface area contributed by atoms with Crippen molar-refractivity contribution in [3.63, 3.8) is 0 Å². The van der Waals surface area contributed by atoms with Gasteiger partial charge in [-0.3, -0.25) is 14.4 Å². The molecule has 126 valence electrons. The molecule has 0 saturated carbocycles. The van der Waals surface area contributed by atoms with Crippen LogP contribution in [0, 0.1) is 11.8 Å². The van der Waals surface area contributed by atoms with Gasteiger partial charge in [-0.1, -0.05) is 11.1 Å². The Labute approximate surface area is 140 Å². The predicted octanol–water partition coefficient (Wildman–Crippen LogP) is -0.0703. The third-order valence-corrected chi connectivity index (χ3v) is 4.10. The van der Waals surface area contributed by atoms with E-state index < -0.39 is 0 Å². The van der Waals surface area contributed by atoms with Gasteiger partial charge in [0.25, 0.3) is 0 Å². The van der Waals surface area contributed by atoms with Crippen LogP contribution in [0.2, 0.25) is 0 Å². The van der Waals surface area contributed by atoms with Crippen LogP contribution < -0.4 is 5.32 Å². The van der Waals surface area contributed by atoms with Crippen molar-refractivity contribution in [2.24, 2.45) is 0 Å². The highest BCUT2D eigenvalue weighted by Crippen LogP contribution is 2.21. The number of nitrogens with zero attached hydrogens (tertiary/aromatic N) is 6. The lowest BCUT2D eigenvalue weighted by Crippen LogP contribution is -2.41. The van der Waals surface area contributed by atoms with E-state index in [0.717, 1.165) is 13.1 Å². The first-order valence-electron chi connectivity index (χ1n) is 8.01. The molecule has 0 aliphatic carbocycles. The van der Waals surface area contributed by atoms with E-state index in [1.165, 1.54) is 0 Å². The molecule has 1 saturated heterocycles. The smallest absolute Gasteiger partial charge is 0.222 e. The molecular formula is C16H21N7O. The Morgan fingerprint density at radius 1 is 1.33 bits per heavy atom. The molecule has 8 nitrogen and oxygen atoms in total. The lowest BCUT2D eigenvalue weighted by atomic mass is 10.1. The van der Waals surface area contributed by atoms with E-state index in [-0.39, 0.29) is 18.0 Å². The van der Waals surface area contributed by atoms with Crippen LogP contribution in [0.1, 0.15) is 19.4 Å². The van der Waals surface area contributed by atoms with E-state index in [4.69, 9.17) is 0 Å². The maximum absolute atomic E-state index is 12.3. The monoisotopic (exact) mass is 327 g/mol. The van der Waals surface area contributed by atoms with Crippen molar-refractivity contribution in [1.82, 2.24) is 35.0 Å². The number of aryl methyl sites for hydroxylation is 1. The molecule has 3 rings (SSSR count). The van der Waals surface area contributed by atoms with Crippen molar-refractivity contribution in [3.8, 4) is 11.8 Å². The number of carbonyl (C=O) groups is 1. The molecule has 8 heteroatoms. The van der Waals surface area contributed by atoms with Gasteiger partial charge in [0.15, 0.2) is 0 Å². The second-order valence-electron chi connectivity index (χ2n) is 5.76. The maximum Gasteiger partial charge on any atom is 0.222 e. The molecular weight excluding hydrogens is 306 g/mol. The molecule has 0 bridgehead atoms. The summed E-state index contributed by atoms with van der Waals surface area (Å²) in [4.78, 5) is 14.5. The first-order chi connectivity index (χ1) is 11.8. The zero-order valence-electron chi connectivity index (χ0n) is 13.7. The fourth-order valence-electron chi connectivity index (χ4n) is 2.92. The van der Waals surface area contributed by atoms with Crippen molar-refractivity contribution < 1.29 is 4.79 Å². The summed E-state index contributed by atoms with van der Waals surface area (Å²) >= 11 is 0. The largest absolute Gasteiger partial charge is 0.350 e. The van der Waals surface area contributed by atoms with E-state index in [2.05, 4.69) is 37.5 Å². The number of amides is 1. The maximum atomic E-state index is 12.3. The molecule has 1 amide bonds. The number of hydrogen-bond donors (Lipinski definition) is 1. The minimum atomic E-state index is -0.00419. The second-order valence-corrected chi connectivity index (χ2v) is 5.76. The standard InChI is InChI=1S/C16H21N7O/c1-2-3-8-21-12-14(15(13-21)23-11-7-17-20-23)19-16(24)5-10-22-9-4-6-18-22/h4,6-7,9,11,14-15H,5,8,10,12-13H2,1H3,(H,19,24)/t14-,15+/m1/s1. The predicted molar refractivity (Wildman–Crippen MR) is 87.7 cm³/mol. The summed E-state index contributed by atoms with van der Waals surface area (Å²) in [6.45, 7) is 4.65. The molecule has 1 aliphatic heterocycles. The third kappa shape index (κ3) is 4.00. The van der Waals surface area contributed by atoms with Gasteiger partial charge in [0, 0.05) is 44.6 Å². The fourth-order valence-corrected chi connectivity index (χ4v) is 2.92. The number of likely N-dealkylation sites (tertiary alicyclic amines) is 1. The van der Waals surface area contributed by atoms with Crippen LogP contribution in [0.5, 0.6) is 0 Å². The van der Waals surface area contributed by atoms with Crippen LogP contribution in [0.4, 0.5) is 0 Å². The molecule has 1 aliphatic rings. The Morgan fingerprint density at radius 2 is 2.25 bits per heavy atom. The highest BCUT2D eigenvalue weighted by atomic mass is 16.1. The molecule has 3 heterocycles. The van der Waals surface area contributed by atoms with Gasteiger partial charge in [-0.15, -0.1) is 11.0 Å². The Morgan fingerprint density at radius 3 is 2.96 bits per heavy atom. The summed E-state index contributed by atoms with van der Waals surface area (Å²) in [5.74, 6) is 6.01. The minimum Gasteiger partial charge on any atom is -0.350 e. The zero-order valence-corrected chi connectivity index (χ0v) is 13.7. The van der Waals surface area contributed by atoms with Crippen LogP contribution in [-0.2, 0) is 11.3 Å². The van der Waals surface area contributed by atoms with Gasteiger partial charge < -0.3 is 5.32 Å². The van der Waals surface area contributed by atoms with Gasteiger partial charge in [-0.05, 0) is 13.0 Å². The first kappa shape index (κ1) is 16.2. The Hall–Kier alpha value is -2.66.